The van der Waals surface area contributed by atoms with Crippen LogP contribution < -0.4 is 10.2 Å². The van der Waals surface area contributed by atoms with Crippen LogP contribution in [0.15, 0.2) is 84.9 Å². The zero-order chi connectivity index (χ0) is 30.6. The summed E-state index contributed by atoms with van der Waals surface area (Å²) in [4.78, 5) is 44.8. The molecule has 0 radical (unpaired) electrons. The standard InChI is InChI=1S/C36H35Cl2N3O3/c37-29-17-8-18-30(38)28(29)23-41(32(22-24-10-2-1-3-11-24)35(43)39-26-14-4-5-15-26)33(42)20-9-21-40-31-19-7-13-25-12-6-16-27(34(25)31)36(40)44/h1-3,6-8,10-13,16-19,26,32H,4-5,9,14-15,20-23H2,(H,39,43). The van der Waals surface area contributed by atoms with Crippen molar-refractivity contribution in [2.24, 2.45) is 0 Å². The van der Waals surface area contributed by atoms with Crippen LogP contribution in [0.4, 0.5) is 5.69 Å². The number of carbonyl (C=O) groups is 3. The van der Waals surface area contributed by atoms with Crippen molar-refractivity contribution < 1.29 is 14.4 Å². The first kappa shape index (κ1) is 30.2. The molecule has 2 aliphatic rings. The maximum absolute atomic E-state index is 14.2. The summed E-state index contributed by atoms with van der Waals surface area (Å²) in [6.07, 6.45) is 4.98. The van der Waals surface area contributed by atoms with E-state index >= 15 is 0 Å². The summed E-state index contributed by atoms with van der Waals surface area (Å²) in [5.74, 6) is -0.415. The van der Waals surface area contributed by atoms with Gasteiger partial charge in [-0.3, -0.25) is 14.4 Å². The molecule has 1 heterocycles. The minimum Gasteiger partial charge on any atom is -0.352 e. The van der Waals surface area contributed by atoms with E-state index in [0.29, 0.717) is 40.6 Å². The lowest BCUT2D eigenvalue weighted by atomic mass is 10.0. The Morgan fingerprint density at radius 2 is 1.57 bits per heavy atom. The summed E-state index contributed by atoms with van der Waals surface area (Å²) < 4.78 is 0. The van der Waals surface area contributed by atoms with Crippen molar-refractivity contribution in [3.63, 3.8) is 0 Å². The third kappa shape index (κ3) is 6.33. The molecular formula is C36H35Cl2N3O3. The predicted octanol–water partition coefficient (Wildman–Crippen LogP) is 7.59. The van der Waals surface area contributed by atoms with Crippen LogP contribution in [-0.4, -0.2) is 41.2 Å². The van der Waals surface area contributed by atoms with Gasteiger partial charge in [-0.05, 0) is 54.5 Å². The third-order valence-corrected chi connectivity index (χ3v) is 9.49. The van der Waals surface area contributed by atoms with Gasteiger partial charge in [-0.1, -0.05) is 96.7 Å². The fraction of sp³-hybridized carbons (Fsp3) is 0.306. The van der Waals surface area contributed by atoms with E-state index in [2.05, 4.69) is 5.32 Å². The molecule has 0 saturated heterocycles. The van der Waals surface area contributed by atoms with Gasteiger partial charge in [0.1, 0.15) is 6.04 Å². The number of nitrogens with zero attached hydrogens (tertiary/aromatic N) is 2. The first-order chi connectivity index (χ1) is 21.4. The fourth-order valence-electron chi connectivity index (χ4n) is 6.51. The molecule has 4 aromatic rings. The topological polar surface area (TPSA) is 69.7 Å². The molecule has 1 aliphatic heterocycles. The van der Waals surface area contributed by atoms with Gasteiger partial charge in [0, 0.05) is 58.5 Å². The van der Waals surface area contributed by atoms with Gasteiger partial charge < -0.3 is 15.1 Å². The van der Waals surface area contributed by atoms with Gasteiger partial charge in [-0.2, -0.15) is 0 Å². The highest BCUT2D eigenvalue weighted by Crippen LogP contribution is 2.37. The van der Waals surface area contributed by atoms with Crippen molar-refractivity contribution in [3.05, 3.63) is 112 Å². The molecule has 226 valence electrons. The van der Waals surface area contributed by atoms with Crippen molar-refractivity contribution in [3.8, 4) is 0 Å². The summed E-state index contributed by atoms with van der Waals surface area (Å²) in [5, 5.41) is 6.08. The quantitative estimate of drug-likeness (QED) is 0.186. The normalized spacial score (nSPS) is 15.1. The molecule has 0 spiro atoms. The summed E-state index contributed by atoms with van der Waals surface area (Å²) in [5.41, 5.74) is 3.11. The highest BCUT2D eigenvalue weighted by Gasteiger charge is 2.34. The second kappa shape index (κ2) is 13.4. The summed E-state index contributed by atoms with van der Waals surface area (Å²) in [6.45, 7) is 0.483. The first-order valence-electron chi connectivity index (χ1n) is 15.3. The molecule has 3 amide bonds. The number of hydrogen-bond acceptors (Lipinski definition) is 3. The first-order valence-corrected chi connectivity index (χ1v) is 16.1. The molecule has 6 rings (SSSR count). The van der Waals surface area contributed by atoms with Gasteiger partial charge in [0.05, 0.1) is 5.69 Å². The van der Waals surface area contributed by atoms with Gasteiger partial charge in [-0.15, -0.1) is 0 Å². The monoisotopic (exact) mass is 627 g/mol. The predicted molar refractivity (Wildman–Crippen MR) is 176 cm³/mol. The van der Waals surface area contributed by atoms with E-state index in [0.717, 1.165) is 47.7 Å². The van der Waals surface area contributed by atoms with Crippen LogP contribution in [0.2, 0.25) is 10.0 Å². The number of halogens is 2. The number of rotatable bonds is 11. The van der Waals surface area contributed by atoms with Crippen LogP contribution in [0.1, 0.15) is 60.0 Å². The molecule has 1 aliphatic carbocycles. The number of benzene rings is 4. The Labute approximate surface area is 267 Å². The van der Waals surface area contributed by atoms with Crippen LogP contribution in [0.5, 0.6) is 0 Å². The highest BCUT2D eigenvalue weighted by atomic mass is 35.5. The minimum absolute atomic E-state index is 0.0538. The zero-order valence-corrected chi connectivity index (χ0v) is 26.0. The molecule has 8 heteroatoms. The highest BCUT2D eigenvalue weighted by molar-refractivity contribution is 6.36. The smallest absolute Gasteiger partial charge is 0.258 e. The maximum Gasteiger partial charge on any atom is 0.258 e. The van der Waals surface area contributed by atoms with E-state index in [1.54, 1.807) is 28.0 Å². The van der Waals surface area contributed by atoms with Gasteiger partial charge in [-0.25, -0.2) is 0 Å². The van der Waals surface area contributed by atoms with Crippen molar-refractivity contribution in [2.45, 2.75) is 63.6 Å². The lowest BCUT2D eigenvalue weighted by Crippen LogP contribution is -2.52. The number of hydrogen-bond donors (Lipinski definition) is 1. The second-order valence-electron chi connectivity index (χ2n) is 11.7. The molecule has 1 saturated carbocycles. The lowest BCUT2D eigenvalue weighted by Gasteiger charge is -2.33. The average Bonchev–Trinajstić information content (AvgIpc) is 3.64. The summed E-state index contributed by atoms with van der Waals surface area (Å²) in [6, 6.07) is 26.0. The Morgan fingerprint density at radius 3 is 2.30 bits per heavy atom. The largest absolute Gasteiger partial charge is 0.352 e. The van der Waals surface area contributed by atoms with Crippen molar-refractivity contribution in [2.75, 3.05) is 11.4 Å². The average molecular weight is 629 g/mol. The molecule has 1 N–H and O–H groups in total. The van der Waals surface area contributed by atoms with Crippen molar-refractivity contribution in [1.82, 2.24) is 10.2 Å². The van der Waals surface area contributed by atoms with Gasteiger partial charge in [0.25, 0.3) is 5.91 Å². The summed E-state index contributed by atoms with van der Waals surface area (Å²) >= 11 is 13.2. The lowest BCUT2D eigenvalue weighted by molar-refractivity contribution is -0.141. The number of amides is 3. The Morgan fingerprint density at radius 1 is 0.886 bits per heavy atom. The van der Waals surface area contributed by atoms with Crippen LogP contribution in [0, 0.1) is 0 Å². The van der Waals surface area contributed by atoms with Gasteiger partial charge in [0.2, 0.25) is 11.8 Å². The third-order valence-electron chi connectivity index (χ3n) is 8.78. The SMILES string of the molecule is O=C(NC1CCCC1)C(Cc1ccccc1)N(Cc1c(Cl)cccc1Cl)C(=O)CCCN1C(=O)c2cccc3cccc1c23. The fourth-order valence-corrected chi connectivity index (χ4v) is 7.03. The molecule has 0 aromatic heterocycles. The molecule has 44 heavy (non-hydrogen) atoms. The molecule has 1 unspecified atom stereocenters. The van der Waals surface area contributed by atoms with Crippen molar-refractivity contribution >= 4 is 57.4 Å². The number of carbonyl (C=O) groups excluding carboxylic acids is 3. The molecular weight excluding hydrogens is 593 g/mol. The summed E-state index contributed by atoms with van der Waals surface area (Å²) in [7, 11) is 0. The van der Waals surface area contributed by atoms with E-state index < -0.39 is 6.04 Å². The van der Waals surface area contributed by atoms with E-state index in [1.807, 2.05) is 66.7 Å². The van der Waals surface area contributed by atoms with Crippen molar-refractivity contribution in [1.29, 1.82) is 0 Å². The Hall–Kier alpha value is -3.87. The van der Waals surface area contributed by atoms with Crippen LogP contribution in [0.25, 0.3) is 10.8 Å². The van der Waals surface area contributed by atoms with E-state index in [4.69, 9.17) is 23.2 Å². The maximum atomic E-state index is 14.2. The minimum atomic E-state index is -0.760. The van der Waals surface area contributed by atoms with E-state index in [9.17, 15) is 14.4 Å². The zero-order valence-electron chi connectivity index (χ0n) is 24.5. The molecule has 0 bridgehead atoms. The Balaban J connectivity index is 1.26. The molecule has 4 aromatic carbocycles. The van der Waals surface area contributed by atoms with Crippen LogP contribution >= 0.6 is 23.2 Å². The van der Waals surface area contributed by atoms with Crippen LogP contribution in [-0.2, 0) is 22.6 Å². The Kier molecular flexibility index (Phi) is 9.20. The molecule has 1 atom stereocenters. The second-order valence-corrected chi connectivity index (χ2v) is 12.5. The Bertz CT molecular complexity index is 1660. The van der Waals surface area contributed by atoms with Crippen LogP contribution in [0.3, 0.4) is 0 Å². The van der Waals surface area contributed by atoms with E-state index in [1.165, 1.54) is 0 Å². The number of anilines is 1. The van der Waals surface area contributed by atoms with E-state index in [-0.39, 0.29) is 36.7 Å². The number of nitrogens with one attached hydrogen (secondary N) is 1. The molecule has 1 fully saturated rings. The van der Waals surface area contributed by atoms with Gasteiger partial charge >= 0.3 is 0 Å². The molecule has 6 nitrogen and oxygen atoms in total. The van der Waals surface area contributed by atoms with Gasteiger partial charge in [0.15, 0.2) is 0 Å².